The SMILES string of the molecule is C=CCCCCCCC[N]CCCCC. The molecule has 0 N–H and O–H groups in total. The highest BCUT2D eigenvalue weighted by Gasteiger charge is 1.91. The van der Waals surface area contributed by atoms with Crippen LogP contribution in [0.2, 0.25) is 0 Å². The summed E-state index contributed by atoms with van der Waals surface area (Å²) >= 11 is 0. The monoisotopic (exact) mass is 210 g/mol. The fraction of sp³-hybridized carbons (Fsp3) is 0.857. The average Bonchev–Trinajstić information content (AvgIpc) is 2.26. The zero-order valence-corrected chi connectivity index (χ0v) is 10.5. The van der Waals surface area contributed by atoms with E-state index in [0.29, 0.717) is 0 Å². The smallest absolute Gasteiger partial charge is 0.0133 e. The summed E-state index contributed by atoms with van der Waals surface area (Å²) in [5.74, 6) is 0. The minimum atomic E-state index is 1.09. The lowest BCUT2D eigenvalue weighted by Gasteiger charge is -2.02. The van der Waals surface area contributed by atoms with Crippen molar-refractivity contribution >= 4 is 0 Å². The number of hydrogen-bond donors (Lipinski definition) is 0. The quantitative estimate of drug-likeness (QED) is 0.337. The molecule has 1 nitrogen and oxygen atoms in total. The van der Waals surface area contributed by atoms with Crippen molar-refractivity contribution in [1.29, 1.82) is 0 Å². The van der Waals surface area contributed by atoms with E-state index >= 15 is 0 Å². The van der Waals surface area contributed by atoms with Crippen molar-refractivity contribution in [1.82, 2.24) is 5.32 Å². The molecule has 0 rings (SSSR count). The van der Waals surface area contributed by atoms with E-state index < -0.39 is 0 Å². The summed E-state index contributed by atoms with van der Waals surface area (Å²) in [5, 5.41) is 4.53. The van der Waals surface area contributed by atoms with E-state index in [1.165, 1.54) is 57.8 Å². The number of hydrogen-bond acceptors (Lipinski definition) is 0. The molecule has 0 fully saturated rings. The second kappa shape index (κ2) is 13.7. The molecule has 0 saturated heterocycles. The van der Waals surface area contributed by atoms with Crippen LogP contribution in [0.3, 0.4) is 0 Å². The van der Waals surface area contributed by atoms with Gasteiger partial charge in [0.1, 0.15) is 0 Å². The maximum Gasteiger partial charge on any atom is 0.0133 e. The van der Waals surface area contributed by atoms with Crippen LogP contribution in [0.15, 0.2) is 12.7 Å². The van der Waals surface area contributed by atoms with Gasteiger partial charge in [0.25, 0.3) is 0 Å². The molecule has 0 saturated carbocycles. The molecular formula is C14H28N. The minimum Gasteiger partial charge on any atom is -0.242 e. The maximum absolute atomic E-state index is 4.53. The molecule has 0 aromatic rings. The van der Waals surface area contributed by atoms with Crippen LogP contribution in [0.25, 0.3) is 0 Å². The summed E-state index contributed by atoms with van der Waals surface area (Å²) < 4.78 is 0. The van der Waals surface area contributed by atoms with Gasteiger partial charge in [-0.25, -0.2) is 5.32 Å². The van der Waals surface area contributed by atoms with Crippen molar-refractivity contribution < 1.29 is 0 Å². The third kappa shape index (κ3) is 13.7. The Kier molecular flexibility index (Phi) is 13.4. The first-order chi connectivity index (χ1) is 7.41. The molecule has 0 heterocycles. The van der Waals surface area contributed by atoms with E-state index in [0.717, 1.165) is 13.1 Å². The van der Waals surface area contributed by atoms with Gasteiger partial charge in [0.15, 0.2) is 0 Å². The fourth-order valence-electron chi connectivity index (χ4n) is 1.63. The molecule has 0 amide bonds. The molecule has 89 valence electrons. The van der Waals surface area contributed by atoms with Crippen LogP contribution in [0, 0.1) is 0 Å². The Balaban J connectivity index is 2.83. The molecule has 0 aliphatic heterocycles. The van der Waals surface area contributed by atoms with Crippen LogP contribution in [0.5, 0.6) is 0 Å². The van der Waals surface area contributed by atoms with Gasteiger partial charge in [0, 0.05) is 13.1 Å². The average molecular weight is 210 g/mol. The summed E-state index contributed by atoms with van der Waals surface area (Å²) in [6, 6.07) is 0. The first-order valence-electron chi connectivity index (χ1n) is 6.66. The van der Waals surface area contributed by atoms with Crippen molar-refractivity contribution in [3.8, 4) is 0 Å². The van der Waals surface area contributed by atoms with Crippen LogP contribution < -0.4 is 5.32 Å². The Hall–Kier alpha value is -0.300. The highest BCUT2D eigenvalue weighted by atomic mass is 14.8. The van der Waals surface area contributed by atoms with Crippen molar-refractivity contribution in [2.75, 3.05) is 13.1 Å². The van der Waals surface area contributed by atoms with E-state index in [-0.39, 0.29) is 0 Å². The lowest BCUT2D eigenvalue weighted by Crippen LogP contribution is -2.08. The van der Waals surface area contributed by atoms with Gasteiger partial charge >= 0.3 is 0 Å². The molecule has 0 aromatic carbocycles. The molecule has 0 unspecified atom stereocenters. The van der Waals surface area contributed by atoms with E-state index in [2.05, 4.69) is 18.8 Å². The normalized spacial score (nSPS) is 10.5. The van der Waals surface area contributed by atoms with Gasteiger partial charge in [-0.15, -0.1) is 6.58 Å². The first-order valence-corrected chi connectivity index (χ1v) is 6.66. The lowest BCUT2D eigenvalue weighted by molar-refractivity contribution is 0.553. The van der Waals surface area contributed by atoms with Crippen LogP contribution >= 0.6 is 0 Å². The standard InChI is InChI=1S/C14H28N/c1-3-5-7-8-9-10-12-14-15-13-11-6-4-2/h3H,1,4-14H2,2H3. The van der Waals surface area contributed by atoms with Crippen molar-refractivity contribution in [2.24, 2.45) is 0 Å². The van der Waals surface area contributed by atoms with Gasteiger partial charge in [-0.1, -0.05) is 45.1 Å². The van der Waals surface area contributed by atoms with Gasteiger partial charge in [-0.2, -0.15) is 0 Å². The Bertz CT molecular complexity index is 121. The van der Waals surface area contributed by atoms with Gasteiger partial charge in [0.05, 0.1) is 0 Å². The predicted octanol–water partition coefficient (Wildman–Crippen LogP) is 4.31. The fourth-order valence-corrected chi connectivity index (χ4v) is 1.63. The molecular weight excluding hydrogens is 182 g/mol. The lowest BCUT2D eigenvalue weighted by atomic mass is 10.1. The third-order valence-corrected chi connectivity index (χ3v) is 2.64. The van der Waals surface area contributed by atoms with Gasteiger partial charge in [0.2, 0.25) is 0 Å². The maximum atomic E-state index is 4.53. The molecule has 0 atom stereocenters. The number of unbranched alkanes of at least 4 members (excludes halogenated alkanes) is 7. The summed E-state index contributed by atoms with van der Waals surface area (Å²) in [5.41, 5.74) is 0. The van der Waals surface area contributed by atoms with E-state index in [1.54, 1.807) is 0 Å². The predicted molar refractivity (Wildman–Crippen MR) is 69.3 cm³/mol. The van der Waals surface area contributed by atoms with Crippen LogP contribution in [-0.4, -0.2) is 13.1 Å². The second-order valence-electron chi connectivity index (χ2n) is 4.22. The van der Waals surface area contributed by atoms with Crippen molar-refractivity contribution in [3.05, 3.63) is 12.7 Å². The van der Waals surface area contributed by atoms with E-state index in [4.69, 9.17) is 0 Å². The summed E-state index contributed by atoms with van der Waals surface area (Å²) in [6.07, 6.45) is 13.8. The highest BCUT2D eigenvalue weighted by Crippen LogP contribution is 2.05. The Labute approximate surface area is 96.3 Å². The minimum absolute atomic E-state index is 1.09. The molecule has 1 heteroatoms. The topological polar surface area (TPSA) is 14.1 Å². The summed E-state index contributed by atoms with van der Waals surface area (Å²) in [7, 11) is 0. The highest BCUT2D eigenvalue weighted by molar-refractivity contribution is 4.65. The Morgan fingerprint density at radius 3 is 2.13 bits per heavy atom. The van der Waals surface area contributed by atoms with Crippen LogP contribution in [0.4, 0.5) is 0 Å². The molecule has 0 aliphatic carbocycles. The van der Waals surface area contributed by atoms with Crippen LogP contribution in [0.1, 0.15) is 64.7 Å². The third-order valence-electron chi connectivity index (χ3n) is 2.64. The van der Waals surface area contributed by atoms with Crippen LogP contribution in [-0.2, 0) is 0 Å². The van der Waals surface area contributed by atoms with Gasteiger partial charge in [-0.3, -0.25) is 0 Å². The number of rotatable bonds is 12. The number of allylic oxidation sites excluding steroid dienone is 1. The second-order valence-corrected chi connectivity index (χ2v) is 4.22. The van der Waals surface area contributed by atoms with Gasteiger partial charge in [-0.05, 0) is 25.7 Å². The molecule has 1 radical (unpaired) electrons. The molecule has 0 aromatic heterocycles. The molecule has 0 spiro atoms. The summed E-state index contributed by atoms with van der Waals surface area (Å²) in [4.78, 5) is 0. The summed E-state index contributed by atoms with van der Waals surface area (Å²) in [6.45, 7) is 8.14. The van der Waals surface area contributed by atoms with E-state index in [1.807, 2.05) is 6.08 Å². The zero-order valence-electron chi connectivity index (χ0n) is 10.5. The first kappa shape index (κ1) is 14.7. The van der Waals surface area contributed by atoms with E-state index in [9.17, 15) is 0 Å². The zero-order chi connectivity index (χ0) is 11.2. The van der Waals surface area contributed by atoms with Gasteiger partial charge < -0.3 is 0 Å². The molecule has 0 aliphatic rings. The Morgan fingerprint density at radius 2 is 1.47 bits per heavy atom. The van der Waals surface area contributed by atoms with Crippen molar-refractivity contribution in [3.63, 3.8) is 0 Å². The molecule has 0 bridgehead atoms. The Morgan fingerprint density at radius 1 is 0.867 bits per heavy atom. The molecule has 15 heavy (non-hydrogen) atoms. The largest absolute Gasteiger partial charge is 0.242 e. The number of nitrogens with zero attached hydrogens (tertiary/aromatic N) is 1. The van der Waals surface area contributed by atoms with Crippen molar-refractivity contribution in [2.45, 2.75) is 64.7 Å².